The predicted molar refractivity (Wildman–Crippen MR) is 143 cm³/mol. The van der Waals surface area contributed by atoms with Gasteiger partial charge in [0.15, 0.2) is 5.82 Å². The van der Waals surface area contributed by atoms with Gasteiger partial charge in [0, 0.05) is 47.5 Å². The number of H-pyrrole nitrogens is 1. The lowest BCUT2D eigenvalue weighted by atomic mass is 9.99. The minimum atomic E-state index is -4.44. The van der Waals surface area contributed by atoms with Crippen LogP contribution in [0.25, 0.3) is 33.1 Å². The molecule has 40 heavy (non-hydrogen) atoms. The van der Waals surface area contributed by atoms with Crippen molar-refractivity contribution in [3.05, 3.63) is 108 Å². The van der Waals surface area contributed by atoms with Crippen molar-refractivity contribution in [3.8, 4) is 11.1 Å². The first-order valence-electron chi connectivity index (χ1n) is 11.8. The highest BCUT2D eigenvalue weighted by Crippen LogP contribution is 2.31. The molecule has 0 aliphatic carbocycles. The molecule has 0 radical (unpaired) electrons. The van der Waals surface area contributed by atoms with Crippen molar-refractivity contribution in [1.82, 2.24) is 19.7 Å². The number of fused-ring (bicyclic) bond motifs is 2. The molecule has 0 fully saturated rings. The number of sulfonamides is 1. The molecule has 0 aliphatic rings. The summed E-state index contributed by atoms with van der Waals surface area (Å²) in [7, 11) is -2.63. The Morgan fingerprint density at radius 3 is 2.62 bits per heavy atom. The van der Waals surface area contributed by atoms with Crippen molar-refractivity contribution in [3.63, 3.8) is 0 Å². The lowest BCUT2D eigenvalue weighted by Crippen LogP contribution is -2.16. The third-order valence-corrected chi connectivity index (χ3v) is 7.76. The highest BCUT2D eigenvalue weighted by atomic mass is 32.2. The molecule has 0 spiro atoms. The van der Waals surface area contributed by atoms with Crippen LogP contribution in [0.1, 0.15) is 15.9 Å². The number of benzene rings is 3. The van der Waals surface area contributed by atoms with Gasteiger partial charge in [-0.25, -0.2) is 26.6 Å². The second kappa shape index (κ2) is 9.35. The van der Waals surface area contributed by atoms with Gasteiger partial charge < -0.3 is 4.98 Å². The smallest absolute Gasteiger partial charge is 0.262 e. The van der Waals surface area contributed by atoms with Gasteiger partial charge in [-0.2, -0.15) is 5.10 Å². The molecule has 3 heterocycles. The molecule has 6 rings (SSSR count). The number of anilines is 1. The summed E-state index contributed by atoms with van der Waals surface area (Å²) in [6.45, 7) is 0. The Kier molecular flexibility index (Phi) is 5.91. The lowest BCUT2D eigenvalue weighted by molar-refractivity contribution is 0.103. The van der Waals surface area contributed by atoms with Crippen LogP contribution in [0.2, 0.25) is 0 Å². The Morgan fingerprint density at radius 2 is 1.82 bits per heavy atom. The molecule has 0 unspecified atom stereocenters. The average molecular weight is 562 g/mol. The number of carbonyl (C=O) groups is 1. The summed E-state index contributed by atoms with van der Waals surface area (Å²) in [6.07, 6.45) is 4.75. The number of aromatic amines is 1. The number of nitrogens with zero attached hydrogens (tertiary/aromatic N) is 3. The molecule has 0 amide bonds. The molecule has 200 valence electrons. The first-order valence-corrected chi connectivity index (χ1v) is 13.3. The molecule has 12 heteroatoms. The maximum atomic E-state index is 15.5. The van der Waals surface area contributed by atoms with Crippen LogP contribution in [0.15, 0.2) is 84.1 Å². The van der Waals surface area contributed by atoms with E-state index in [1.165, 1.54) is 12.3 Å². The number of rotatable bonds is 6. The van der Waals surface area contributed by atoms with Crippen LogP contribution in [0.4, 0.5) is 18.9 Å². The monoisotopic (exact) mass is 561 g/mol. The Balaban J connectivity index is 1.39. The number of hydrogen-bond acceptors (Lipinski definition) is 5. The fraction of sp³-hybridized carbons (Fsp3) is 0.0357. The molecule has 6 aromatic rings. The molecule has 8 nitrogen and oxygen atoms in total. The molecule has 0 saturated carbocycles. The Labute approximate surface area is 225 Å². The van der Waals surface area contributed by atoms with Crippen LogP contribution < -0.4 is 4.72 Å². The molecule has 2 N–H and O–H groups in total. The zero-order valence-electron chi connectivity index (χ0n) is 20.6. The first-order chi connectivity index (χ1) is 19.1. The minimum Gasteiger partial charge on any atom is -0.345 e. The van der Waals surface area contributed by atoms with Crippen molar-refractivity contribution in [2.75, 3.05) is 4.72 Å². The maximum absolute atomic E-state index is 15.5. The third-order valence-electron chi connectivity index (χ3n) is 6.40. The molecule has 0 saturated heterocycles. The number of aromatic nitrogens is 4. The quantitative estimate of drug-likeness (QED) is 0.259. The molecule has 0 aliphatic heterocycles. The topological polar surface area (TPSA) is 110 Å². The normalized spacial score (nSPS) is 11.8. The number of ketones is 1. The standard InChI is InChI=1S/C28H18F3N5O3S/c1-36-14-17-9-15(5-7-23(17)34-36)16-10-20-21(13-33-28(20)32-12-16)27(37)25-22(30)6-8-24(26(25)31)35-40(38,39)19-4-2-3-18(29)11-19/h2-14,35H,1H3,(H,32,33). The van der Waals surface area contributed by atoms with Gasteiger partial charge in [0.25, 0.3) is 10.0 Å². The van der Waals surface area contributed by atoms with E-state index in [2.05, 4.69) is 15.1 Å². The van der Waals surface area contributed by atoms with Crippen LogP contribution in [0.3, 0.4) is 0 Å². The molecule has 3 aromatic heterocycles. The fourth-order valence-corrected chi connectivity index (χ4v) is 5.58. The summed E-state index contributed by atoms with van der Waals surface area (Å²) < 4.78 is 72.9. The van der Waals surface area contributed by atoms with Gasteiger partial charge in [-0.3, -0.25) is 14.2 Å². The molecular weight excluding hydrogens is 543 g/mol. The molecule has 0 bridgehead atoms. The van der Waals surface area contributed by atoms with Gasteiger partial charge in [0.1, 0.15) is 17.3 Å². The zero-order valence-corrected chi connectivity index (χ0v) is 21.4. The van der Waals surface area contributed by atoms with Gasteiger partial charge in [-0.15, -0.1) is 0 Å². The highest BCUT2D eigenvalue weighted by molar-refractivity contribution is 7.92. The van der Waals surface area contributed by atoms with E-state index >= 15 is 4.39 Å². The Morgan fingerprint density at radius 1 is 1.00 bits per heavy atom. The molecule has 0 atom stereocenters. The second-order valence-electron chi connectivity index (χ2n) is 9.07. The third kappa shape index (κ3) is 4.37. The number of carbonyl (C=O) groups excluding carboxylic acids is 1. The number of nitrogens with one attached hydrogen (secondary N) is 2. The maximum Gasteiger partial charge on any atom is 0.262 e. The fourth-order valence-electron chi connectivity index (χ4n) is 4.49. The van der Waals surface area contributed by atoms with Crippen LogP contribution in [0, 0.1) is 17.5 Å². The zero-order chi connectivity index (χ0) is 28.2. The number of aryl methyl sites for hydroxylation is 1. The van der Waals surface area contributed by atoms with E-state index in [1.807, 2.05) is 36.2 Å². The molecular formula is C28H18F3N5O3S. The van der Waals surface area contributed by atoms with Crippen molar-refractivity contribution < 1.29 is 26.4 Å². The summed E-state index contributed by atoms with van der Waals surface area (Å²) in [5, 5.41) is 5.56. The van der Waals surface area contributed by atoms with E-state index in [9.17, 15) is 22.0 Å². The minimum absolute atomic E-state index is 0.0604. The predicted octanol–water partition coefficient (Wildman–Crippen LogP) is 5.57. The molecule has 3 aromatic carbocycles. The van der Waals surface area contributed by atoms with E-state index in [1.54, 1.807) is 16.9 Å². The first kappa shape index (κ1) is 25.3. The SMILES string of the molecule is Cn1cc2cc(-c3cnc4[nH]cc(C(=O)c5c(F)ccc(NS(=O)(=O)c6cccc(F)c6)c5F)c4c3)ccc2n1. The van der Waals surface area contributed by atoms with Gasteiger partial charge in [-0.1, -0.05) is 12.1 Å². The van der Waals surface area contributed by atoms with Crippen LogP contribution in [-0.4, -0.2) is 33.9 Å². The van der Waals surface area contributed by atoms with Crippen LogP contribution >= 0.6 is 0 Å². The average Bonchev–Trinajstić information content (AvgIpc) is 3.52. The Hall–Kier alpha value is -4.97. The number of pyridine rings is 1. The van der Waals surface area contributed by atoms with Gasteiger partial charge in [0.2, 0.25) is 5.78 Å². The van der Waals surface area contributed by atoms with Gasteiger partial charge in [0.05, 0.1) is 21.7 Å². The summed E-state index contributed by atoms with van der Waals surface area (Å²) >= 11 is 0. The van der Waals surface area contributed by atoms with Crippen molar-refractivity contribution in [1.29, 1.82) is 0 Å². The van der Waals surface area contributed by atoms with Crippen molar-refractivity contribution >= 4 is 43.4 Å². The summed E-state index contributed by atoms with van der Waals surface area (Å²) in [5.41, 5.74) is 0.884. The highest BCUT2D eigenvalue weighted by Gasteiger charge is 2.26. The van der Waals surface area contributed by atoms with Gasteiger partial charge >= 0.3 is 0 Å². The van der Waals surface area contributed by atoms with E-state index < -0.39 is 49.4 Å². The van der Waals surface area contributed by atoms with E-state index in [0.29, 0.717) is 16.6 Å². The number of halogens is 3. The second-order valence-corrected chi connectivity index (χ2v) is 10.8. The largest absolute Gasteiger partial charge is 0.345 e. The summed E-state index contributed by atoms with van der Waals surface area (Å²) in [4.78, 5) is 20.2. The number of hydrogen-bond donors (Lipinski definition) is 2. The van der Waals surface area contributed by atoms with Crippen LogP contribution in [-0.2, 0) is 17.1 Å². The van der Waals surface area contributed by atoms with Gasteiger partial charge in [-0.05, 0) is 54.1 Å². The summed E-state index contributed by atoms with van der Waals surface area (Å²) in [6, 6.07) is 13.0. The van der Waals surface area contributed by atoms with E-state index in [0.717, 1.165) is 46.8 Å². The van der Waals surface area contributed by atoms with Crippen LogP contribution in [0.5, 0.6) is 0 Å². The van der Waals surface area contributed by atoms with Crippen molar-refractivity contribution in [2.45, 2.75) is 4.90 Å². The van der Waals surface area contributed by atoms with E-state index in [4.69, 9.17) is 0 Å². The van der Waals surface area contributed by atoms with Crippen molar-refractivity contribution in [2.24, 2.45) is 7.05 Å². The Bertz CT molecular complexity index is 2090. The van der Waals surface area contributed by atoms with E-state index in [-0.39, 0.29) is 5.56 Å². The lowest BCUT2D eigenvalue weighted by Gasteiger charge is -2.12. The summed E-state index contributed by atoms with van der Waals surface area (Å²) in [5.74, 6) is -4.43.